The Bertz CT molecular complexity index is 464. The number of hydrogen-bond donors (Lipinski definition) is 1. The Morgan fingerprint density at radius 1 is 1.47 bits per heavy atom. The molecule has 2 rings (SSSR count). The Hall–Kier alpha value is -1.16. The average molecular weight is 221 g/mol. The van der Waals surface area contributed by atoms with E-state index in [9.17, 15) is 0 Å². The summed E-state index contributed by atoms with van der Waals surface area (Å²) in [4.78, 5) is 9.66. The van der Waals surface area contributed by atoms with Crippen LogP contribution < -0.4 is 5.73 Å². The van der Waals surface area contributed by atoms with E-state index in [2.05, 4.69) is 29.2 Å². The van der Waals surface area contributed by atoms with Crippen molar-refractivity contribution < 1.29 is 0 Å². The Morgan fingerprint density at radius 3 is 3.00 bits per heavy atom. The molecule has 2 aromatic heterocycles. The van der Waals surface area contributed by atoms with Crippen molar-refractivity contribution in [2.45, 2.75) is 32.6 Å². The van der Waals surface area contributed by atoms with Gasteiger partial charge in [-0.3, -0.25) is 0 Å². The van der Waals surface area contributed by atoms with Crippen molar-refractivity contribution >= 4 is 28.1 Å². The first kappa shape index (κ1) is 10.4. The zero-order valence-electron chi connectivity index (χ0n) is 9.03. The van der Waals surface area contributed by atoms with Crippen molar-refractivity contribution in [3.8, 4) is 0 Å². The number of nitrogens with two attached hydrogens (primary N) is 1. The van der Waals surface area contributed by atoms with Gasteiger partial charge in [0.05, 0.1) is 10.9 Å². The number of rotatable bonds is 3. The number of aromatic nitrogens is 2. The highest BCUT2D eigenvalue weighted by atomic mass is 32.1. The van der Waals surface area contributed by atoms with Crippen molar-refractivity contribution in [3.05, 3.63) is 16.6 Å². The normalized spacial score (nSPS) is 13.2. The number of hydrogen-bond acceptors (Lipinski definition) is 4. The highest BCUT2D eigenvalue weighted by Crippen LogP contribution is 2.34. The third-order valence-electron chi connectivity index (χ3n) is 2.62. The zero-order valence-corrected chi connectivity index (χ0v) is 9.84. The Balaban J connectivity index is 2.49. The smallest absolute Gasteiger partial charge is 0.135 e. The molecule has 0 bridgehead atoms. The fraction of sp³-hybridized carbons (Fsp3) is 0.455. The van der Waals surface area contributed by atoms with Crippen LogP contribution in [-0.4, -0.2) is 9.97 Å². The second kappa shape index (κ2) is 4.14. The Labute approximate surface area is 93.4 Å². The lowest BCUT2D eigenvalue weighted by Crippen LogP contribution is -1.94. The number of nitrogens with zero attached hydrogens (tertiary/aromatic N) is 2. The first-order chi connectivity index (χ1) is 7.24. The summed E-state index contributed by atoms with van der Waals surface area (Å²) in [6.07, 6.45) is 3.94. The molecule has 2 heterocycles. The quantitative estimate of drug-likeness (QED) is 0.866. The topological polar surface area (TPSA) is 51.8 Å². The van der Waals surface area contributed by atoms with Crippen LogP contribution >= 0.6 is 11.3 Å². The van der Waals surface area contributed by atoms with Gasteiger partial charge in [0.1, 0.15) is 12.1 Å². The molecule has 1 atom stereocenters. The fourth-order valence-electron chi connectivity index (χ4n) is 1.81. The van der Waals surface area contributed by atoms with Crippen LogP contribution in [0.5, 0.6) is 0 Å². The molecular weight excluding hydrogens is 206 g/mol. The van der Waals surface area contributed by atoms with Crippen molar-refractivity contribution in [1.82, 2.24) is 9.97 Å². The van der Waals surface area contributed by atoms with Crippen LogP contribution in [0.3, 0.4) is 0 Å². The summed E-state index contributed by atoms with van der Waals surface area (Å²) in [6, 6.07) is 0. The van der Waals surface area contributed by atoms with Gasteiger partial charge in [0.2, 0.25) is 0 Å². The van der Waals surface area contributed by atoms with E-state index in [1.54, 1.807) is 17.7 Å². The van der Waals surface area contributed by atoms with Crippen molar-refractivity contribution in [2.24, 2.45) is 0 Å². The summed E-state index contributed by atoms with van der Waals surface area (Å²) < 4.78 is 0. The fourth-order valence-corrected chi connectivity index (χ4v) is 2.92. The van der Waals surface area contributed by atoms with Gasteiger partial charge in [0.25, 0.3) is 0 Å². The second-order valence-electron chi connectivity index (χ2n) is 3.81. The largest absolute Gasteiger partial charge is 0.383 e. The minimum absolute atomic E-state index is 0.562. The minimum Gasteiger partial charge on any atom is -0.383 e. The van der Waals surface area contributed by atoms with E-state index < -0.39 is 0 Å². The lowest BCUT2D eigenvalue weighted by atomic mass is 10.0. The molecule has 80 valence electrons. The van der Waals surface area contributed by atoms with Gasteiger partial charge in [-0.15, -0.1) is 11.3 Å². The van der Waals surface area contributed by atoms with Gasteiger partial charge in [0, 0.05) is 10.3 Å². The van der Waals surface area contributed by atoms with Crippen molar-refractivity contribution in [2.75, 3.05) is 5.73 Å². The van der Waals surface area contributed by atoms with E-state index in [1.807, 2.05) is 0 Å². The van der Waals surface area contributed by atoms with E-state index in [1.165, 1.54) is 17.7 Å². The Kier molecular flexibility index (Phi) is 2.86. The van der Waals surface area contributed by atoms with Gasteiger partial charge in [-0.05, 0) is 12.3 Å². The van der Waals surface area contributed by atoms with Crippen LogP contribution in [-0.2, 0) is 0 Å². The van der Waals surface area contributed by atoms with E-state index >= 15 is 0 Å². The monoisotopic (exact) mass is 221 g/mol. The SMILES string of the molecule is CCCC(C)c1scc2c(N)ncnc12. The van der Waals surface area contributed by atoms with Gasteiger partial charge >= 0.3 is 0 Å². The molecular formula is C11H15N3S. The molecule has 4 heteroatoms. The number of nitrogen functional groups attached to an aromatic ring is 1. The van der Waals surface area contributed by atoms with Gasteiger partial charge in [-0.25, -0.2) is 9.97 Å². The number of thiophene rings is 1. The van der Waals surface area contributed by atoms with Crippen LogP contribution in [0.1, 0.15) is 37.5 Å². The summed E-state index contributed by atoms with van der Waals surface area (Å²) in [7, 11) is 0. The lowest BCUT2D eigenvalue weighted by Gasteiger charge is -2.07. The first-order valence-electron chi connectivity index (χ1n) is 5.21. The van der Waals surface area contributed by atoms with E-state index in [-0.39, 0.29) is 0 Å². The highest BCUT2D eigenvalue weighted by Gasteiger charge is 2.13. The molecule has 0 saturated carbocycles. The van der Waals surface area contributed by atoms with Crippen LogP contribution in [0, 0.1) is 0 Å². The van der Waals surface area contributed by atoms with E-state index in [4.69, 9.17) is 5.73 Å². The van der Waals surface area contributed by atoms with Crippen molar-refractivity contribution in [1.29, 1.82) is 0 Å². The zero-order chi connectivity index (χ0) is 10.8. The standard InChI is InChI=1S/C11H15N3S/c1-3-4-7(2)10-9-8(5-15-10)11(12)14-6-13-9/h5-7H,3-4H2,1-2H3,(H2,12,13,14). The van der Waals surface area contributed by atoms with Crippen LogP contribution in [0.25, 0.3) is 10.9 Å². The Morgan fingerprint density at radius 2 is 2.27 bits per heavy atom. The third kappa shape index (κ3) is 1.81. The molecule has 2 aromatic rings. The molecule has 0 spiro atoms. The summed E-state index contributed by atoms with van der Waals surface area (Å²) in [6.45, 7) is 4.45. The maximum absolute atomic E-state index is 5.80. The van der Waals surface area contributed by atoms with E-state index in [0.29, 0.717) is 11.7 Å². The molecule has 0 aromatic carbocycles. The molecule has 0 amide bonds. The highest BCUT2D eigenvalue weighted by molar-refractivity contribution is 7.11. The summed E-state index contributed by atoms with van der Waals surface area (Å²) in [5.41, 5.74) is 6.83. The first-order valence-corrected chi connectivity index (χ1v) is 6.09. The number of fused-ring (bicyclic) bond motifs is 1. The predicted octanol–water partition coefficient (Wildman–Crippen LogP) is 3.18. The van der Waals surface area contributed by atoms with Crippen LogP contribution in [0.4, 0.5) is 5.82 Å². The summed E-state index contributed by atoms with van der Waals surface area (Å²) in [5, 5.41) is 3.06. The molecule has 1 unspecified atom stereocenters. The second-order valence-corrected chi connectivity index (χ2v) is 4.72. The molecule has 0 aliphatic rings. The molecule has 15 heavy (non-hydrogen) atoms. The minimum atomic E-state index is 0.562. The van der Waals surface area contributed by atoms with E-state index in [0.717, 1.165) is 10.9 Å². The molecule has 0 fully saturated rings. The molecule has 0 saturated heterocycles. The lowest BCUT2D eigenvalue weighted by molar-refractivity contribution is 0.677. The average Bonchev–Trinajstić information content (AvgIpc) is 2.63. The summed E-state index contributed by atoms with van der Waals surface area (Å²) >= 11 is 1.74. The molecule has 3 nitrogen and oxygen atoms in total. The number of anilines is 1. The van der Waals surface area contributed by atoms with Gasteiger partial charge < -0.3 is 5.73 Å². The van der Waals surface area contributed by atoms with Gasteiger partial charge in [-0.1, -0.05) is 20.3 Å². The predicted molar refractivity (Wildman–Crippen MR) is 65.2 cm³/mol. The molecule has 0 radical (unpaired) electrons. The molecule has 2 N–H and O–H groups in total. The molecule has 0 aliphatic carbocycles. The van der Waals surface area contributed by atoms with Crippen molar-refractivity contribution in [3.63, 3.8) is 0 Å². The van der Waals surface area contributed by atoms with Gasteiger partial charge in [0.15, 0.2) is 0 Å². The van der Waals surface area contributed by atoms with Gasteiger partial charge in [-0.2, -0.15) is 0 Å². The van der Waals surface area contributed by atoms with Crippen LogP contribution in [0.15, 0.2) is 11.7 Å². The maximum Gasteiger partial charge on any atom is 0.135 e. The maximum atomic E-state index is 5.80. The van der Waals surface area contributed by atoms with Crippen LogP contribution in [0.2, 0.25) is 0 Å². The molecule has 0 aliphatic heterocycles. The third-order valence-corrected chi connectivity index (χ3v) is 3.82. The summed E-state index contributed by atoms with van der Waals surface area (Å²) in [5.74, 6) is 1.15.